The average Bonchev–Trinajstić information content (AvgIpc) is 2.68. The molecule has 0 aliphatic carbocycles. The summed E-state index contributed by atoms with van der Waals surface area (Å²) in [5.41, 5.74) is 1.20. The van der Waals surface area contributed by atoms with Crippen molar-refractivity contribution in [3.05, 3.63) is 95.1 Å². The fourth-order valence-corrected chi connectivity index (χ4v) is 2.37. The van der Waals surface area contributed by atoms with Crippen molar-refractivity contribution in [3.8, 4) is 23.3 Å². The third-order valence-electron chi connectivity index (χ3n) is 3.68. The standard InChI is InChI=1S/C22H14O5/c23-21(24)18-7-4-8-19(22(25)26)20(18)27-17-13-11-16(12-14-17)10-9-15-5-2-1-3-6-15/h1-8,11-14H,(H,23,24)(H,25,26). The molecule has 0 fully saturated rings. The molecule has 3 rings (SSSR count). The van der Waals surface area contributed by atoms with Gasteiger partial charge >= 0.3 is 11.9 Å². The Morgan fingerprint density at radius 1 is 0.667 bits per heavy atom. The Morgan fingerprint density at radius 3 is 1.70 bits per heavy atom. The van der Waals surface area contributed by atoms with Gasteiger partial charge < -0.3 is 14.9 Å². The Morgan fingerprint density at radius 2 is 1.19 bits per heavy atom. The number of rotatable bonds is 4. The van der Waals surface area contributed by atoms with Crippen molar-refractivity contribution < 1.29 is 24.5 Å². The maximum Gasteiger partial charge on any atom is 0.339 e. The lowest BCUT2D eigenvalue weighted by atomic mass is 10.1. The Hall–Kier alpha value is -4.04. The van der Waals surface area contributed by atoms with Crippen molar-refractivity contribution in [2.45, 2.75) is 0 Å². The molecule has 0 unspecified atom stereocenters. The highest BCUT2D eigenvalue weighted by atomic mass is 16.5. The number of carbonyl (C=O) groups is 2. The van der Waals surface area contributed by atoms with Gasteiger partial charge in [-0.15, -0.1) is 0 Å². The molecule has 27 heavy (non-hydrogen) atoms. The van der Waals surface area contributed by atoms with Crippen LogP contribution in [0, 0.1) is 11.8 Å². The largest absolute Gasteiger partial charge is 0.478 e. The van der Waals surface area contributed by atoms with Crippen LogP contribution in [0.5, 0.6) is 11.5 Å². The maximum absolute atomic E-state index is 11.4. The van der Waals surface area contributed by atoms with Gasteiger partial charge in [-0.2, -0.15) is 0 Å². The van der Waals surface area contributed by atoms with E-state index in [0.717, 1.165) is 11.1 Å². The van der Waals surface area contributed by atoms with Gasteiger partial charge in [0.25, 0.3) is 0 Å². The van der Waals surface area contributed by atoms with Crippen molar-refractivity contribution in [2.24, 2.45) is 0 Å². The number of hydrogen-bond acceptors (Lipinski definition) is 3. The summed E-state index contributed by atoms with van der Waals surface area (Å²) in [5.74, 6) is 3.63. The lowest BCUT2D eigenvalue weighted by Crippen LogP contribution is -2.06. The fourth-order valence-electron chi connectivity index (χ4n) is 2.37. The van der Waals surface area contributed by atoms with Gasteiger partial charge in [-0.1, -0.05) is 36.1 Å². The molecule has 0 aromatic heterocycles. The van der Waals surface area contributed by atoms with Crippen LogP contribution in [0.15, 0.2) is 72.8 Å². The molecule has 0 heterocycles. The molecule has 0 saturated heterocycles. The van der Waals surface area contributed by atoms with Crippen LogP contribution in [-0.2, 0) is 0 Å². The van der Waals surface area contributed by atoms with E-state index in [4.69, 9.17) is 4.74 Å². The van der Waals surface area contributed by atoms with E-state index in [1.807, 2.05) is 30.3 Å². The number of para-hydroxylation sites is 1. The summed E-state index contributed by atoms with van der Waals surface area (Å²) >= 11 is 0. The fraction of sp³-hybridized carbons (Fsp3) is 0. The zero-order chi connectivity index (χ0) is 19.2. The predicted octanol–water partition coefficient (Wildman–Crippen LogP) is 4.28. The van der Waals surface area contributed by atoms with Gasteiger partial charge in [0, 0.05) is 11.1 Å². The SMILES string of the molecule is O=C(O)c1cccc(C(=O)O)c1Oc1ccc(C#Cc2ccccc2)cc1. The highest BCUT2D eigenvalue weighted by molar-refractivity contribution is 5.98. The second kappa shape index (κ2) is 7.89. The third-order valence-corrected chi connectivity index (χ3v) is 3.68. The molecule has 0 amide bonds. The molecule has 2 N–H and O–H groups in total. The number of carboxylic acid groups (broad SMARTS) is 2. The zero-order valence-electron chi connectivity index (χ0n) is 14.0. The molecule has 0 aliphatic heterocycles. The summed E-state index contributed by atoms with van der Waals surface area (Å²) in [6, 6.07) is 20.1. The second-order valence-corrected chi connectivity index (χ2v) is 5.54. The van der Waals surface area contributed by atoms with Crippen LogP contribution >= 0.6 is 0 Å². The highest BCUT2D eigenvalue weighted by Crippen LogP contribution is 2.30. The summed E-state index contributed by atoms with van der Waals surface area (Å²) in [6.07, 6.45) is 0. The van der Waals surface area contributed by atoms with Crippen LogP contribution in [0.2, 0.25) is 0 Å². The van der Waals surface area contributed by atoms with E-state index in [9.17, 15) is 19.8 Å². The van der Waals surface area contributed by atoms with E-state index in [1.54, 1.807) is 24.3 Å². The molecule has 0 spiro atoms. The van der Waals surface area contributed by atoms with Crippen molar-refractivity contribution in [2.75, 3.05) is 0 Å². The van der Waals surface area contributed by atoms with E-state index in [1.165, 1.54) is 18.2 Å². The molecule has 0 radical (unpaired) electrons. The summed E-state index contributed by atoms with van der Waals surface area (Å²) < 4.78 is 5.57. The van der Waals surface area contributed by atoms with Crippen LogP contribution < -0.4 is 4.74 Å². The molecule has 132 valence electrons. The molecule has 0 saturated carbocycles. The Bertz CT molecular complexity index is 1010. The summed E-state index contributed by atoms with van der Waals surface area (Å²) in [5, 5.41) is 18.6. The number of hydrogen-bond donors (Lipinski definition) is 2. The third kappa shape index (κ3) is 4.33. The molecule has 5 nitrogen and oxygen atoms in total. The second-order valence-electron chi connectivity index (χ2n) is 5.54. The lowest BCUT2D eigenvalue weighted by molar-refractivity contribution is 0.0692. The normalized spacial score (nSPS) is 9.78. The van der Waals surface area contributed by atoms with Crippen LogP contribution in [0.1, 0.15) is 31.8 Å². The van der Waals surface area contributed by atoms with Crippen LogP contribution in [0.4, 0.5) is 0 Å². The summed E-state index contributed by atoms with van der Waals surface area (Å²) in [6.45, 7) is 0. The van der Waals surface area contributed by atoms with Crippen molar-refractivity contribution in [1.82, 2.24) is 0 Å². The van der Waals surface area contributed by atoms with Gasteiger partial charge in [0.15, 0.2) is 5.75 Å². The van der Waals surface area contributed by atoms with Gasteiger partial charge in [-0.3, -0.25) is 0 Å². The maximum atomic E-state index is 11.4. The first-order valence-electron chi connectivity index (χ1n) is 7.99. The van der Waals surface area contributed by atoms with Gasteiger partial charge in [0.1, 0.15) is 16.9 Å². The quantitative estimate of drug-likeness (QED) is 0.680. The monoisotopic (exact) mass is 358 g/mol. The van der Waals surface area contributed by atoms with Crippen molar-refractivity contribution in [1.29, 1.82) is 0 Å². The molecule has 0 aliphatic rings. The van der Waals surface area contributed by atoms with Gasteiger partial charge in [-0.25, -0.2) is 9.59 Å². The van der Waals surface area contributed by atoms with Crippen molar-refractivity contribution in [3.63, 3.8) is 0 Å². The van der Waals surface area contributed by atoms with Crippen molar-refractivity contribution >= 4 is 11.9 Å². The molecular weight excluding hydrogens is 344 g/mol. The number of carboxylic acids is 2. The predicted molar refractivity (Wildman–Crippen MR) is 99.3 cm³/mol. The first-order chi connectivity index (χ1) is 13.0. The molecule has 0 atom stereocenters. The molecular formula is C22H14O5. The van der Waals surface area contributed by atoms with Gasteiger partial charge in [0.2, 0.25) is 0 Å². The highest BCUT2D eigenvalue weighted by Gasteiger charge is 2.20. The average molecular weight is 358 g/mol. The van der Waals surface area contributed by atoms with Gasteiger partial charge in [-0.05, 0) is 48.5 Å². The van der Waals surface area contributed by atoms with Crippen LogP contribution in [0.25, 0.3) is 0 Å². The lowest BCUT2D eigenvalue weighted by Gasteiger charge is -2.11. The van der Waals surface area contributed by atoms with E-state index < -0.39 is 11.9 Å². The number of aromatic carboxylic acids is 2. The molecule has 0 bridgehead atoms. The van der Waals surface area contributed by atoms with E-state index in [0.29, 0.717) is 5.75 Å². The molecule has 3 aromatic rings. The summed E-state index contributed by atoms with van der Waals surface area (Å²) in [4.78, 5) is 22.7. The summed E-state index contributed by atoms with van der Waals surface area (Å²) in [7, 11) is 0. The minimum Gasteiger partial charge on any atom is -0.478 e. The smallest absolute Gasteiger partial charge is 0.339 e. The Balaban J connectivity index is 1.87. The van der Waals surface area contributed by atoms with Crippen LogP contribution in [0.3, 0.4) is 0 Å². The Kier molecular flexibility index (Phi) is 5.20. The number of benzene rings is 3. The minimum absolute atomic E-state index is 0.208. The molecule has 5 heteroatoms. The van der Waals surface area contributed by atoms with E-state index in [-0.39, 0.29) is 16.9 Å². The molecule has 3 aromatic carbocycles. The van der Waals surface area contributed by atoms with E-state index in [2.05, 4.69) is 11.8 Å². The minimum atomic E-state index is -1.27. The first kappa shape index (κ1) is 17.8. The topological polar surface area (TPSA) is 83.8 Å². The Labute approximate surface area is 155 Å². The van der Waals surface area contributed by atoms with Crippen LogP contribution in [-0.4, -0.2) is 22.2 Å². The first-order valence-corrected chi connectivity index (χ1v) is 7.99. The zero-order valence-corrected chi connectivity index (χ0v) is 14.0. The van der Waals surface area contributed by atoms with E-state index >= 15 is 0 Å². The number of ether oxygens (including phenoxy) is 1. The van der Waals surface area contributed by atoms with Gasteiger partial charge in [0.05, 0.1) is 0 Å².